The summed E-state index contributed by atoms with van der Waals surface area (Å²) in [4.78, 5) is 28.1. The highest BCUT2D eigenvalue weighted by Gasteiger charge is 2.34. The van der Waals surface area contributed by atoms with Crippen LogP contribution in [-0.2, 0) is 9.59 Å². The molecule has 0 bridgehead atoms. The van der Waals surface area contributed by atoms with Gasteiger partial charge in [-0.1, -0.05) is 13.3 Å². The summed E-state index contributed by atoms with van der Waals surface area (Å²) in [6, 6.07) is 0.577. The summed E-state index contributed by atoms with van der Waals surface area (Å²) >= 11 is 0. The predicted molar refractivity (Wildman–Crippen MR) is 81.0 cm³/mol. The predicted octanol–water partition coefficient (Wildman–Crippen LogP) is 1.82. The Hall–Kier alpha value is -1.10. The molecule has 5 heteroatoms. The number of amides is 1. The zero-order valence-corrected chi connectivity index (χ0v) is 13.3. The van der Waals surface area contributed by atoms with Crippen molar-refractivity contribution in [1.29, 1.82) is 0 Å². The first kappa shape index (κ1) is 16.3. The molecule has 2 fully saturated rings. The Morgan fingerprint density at radius 1 is 1.14 bits per heavy atom. The van der Waals surface area contributed by atoms with Crippen molar-refractivity contribution in [3.63, 3.8) is 0 Å². The van der Waals surface area contributed by atoms with Gasteiger partial charge in [-0.3, -0.25) is 14.5 Å². The fourth-order valence-corrected chi connectivity index (χ4v) is 3.54. The number of rotatable bonds is 4. The van der Waals surface area contributed by atoms with Gasteiger partial charge < -0.3 is 10.0 Å². The van der Waals surface area contributed by atoms with Gasteiger partial charge in [0.25, 0.3) is 0 Å². The lowest BCUT2D eigenvalue weighted by molar-refractivity contribution is -0.146. The summed E-state index contributed by atoms with van der Waals surface area (Å²) < 4.78 is 0. The summed E-state index contributed by atoms with van der Waals surface area (Å²) in [6.45, 7) is 7.88. The Morgan fingerprint density at radius 3 is 2.33 bits per heavy atom. The van der Waals surface area contributed by atoms with Crippen molar-refractivity contribution in [3.05, 3.63) is 0 Å². The van der Waals surface area contributed by atoms with E-state index >= 15 is 0 Å². The van der Waals surface area contributed by atoms with Crippen molar-refractivity contribution >= 4 is 11.9 Å². The fourth-order valence-electron chi connectivity index (χ4n) is 3.54. The summed E-state index contributed by atoms with van der Waals surface area (Å²) in [5.41, 5.74) is 0. The highest BCUT2D eigenvalue weighted by Crippen LogP contribution is 2.30. The van der Waals surface area contributed by atoms with Crippen molar-refractivity contribution in [2.75, 3.05) is 26.2 Å². The average Bonchev–Trinajstić information content (AvgIpc) is 2.53. The molecule has 1 aliphatic carbocycles. The SMILES string of the molecule is CCC(C)N1CCN(C(=O)C2CCCC(C(=O)O)C2)CC1. The molecule has 0 aromatic rings. The van der Waals surface area contributed by atoms with Crippen LogP contribution in [0.1, 0.15) is 46.0 Å². The lowest BCUT2D eigenvalue weighted by Gasteiger charge is -2.39. The number of carbonyl (C=O) groups excluding carboxylic acids is 1. The lowest BCUT2D eigenvalue weighted by Crippen LogP contribution is -2.52. The van der Waals surface area contributed by atoms with Crippen LogP contribution >= 0.6 is 0 Å². The van der Waals surface area contributed by atoms with E-state index in [2.05, 4.69) is 18.7 Å². The van der Waals surface area contributed by atoms with Gasteiger partial charge in [-0.25, -0.2) is 0 Å². The quantitative estimate of drug-likeness (QED) is 0.859. The number of aliphatic carboxylic acids is 1. The molecule has 2 aliphatic rings. The van der Waals surface area contributed by atoms with Crippen LogP contribution in [0.3, 0.4) is 0 Å². The van der Waals surface area contributed by atoms with Gasteiger partial charge in [-0.2, -0.15) is 0 Å². The molecule has 0 aromatic heterocycles. The number of carboxylic acids is 1. The van der Waals surface area contributed by atoms with Gasteiger partial charge in [0.05, 0.1) is 5.92 Å². The zero-order valence-electron chi connectivity index (χ0n) is 13.3. The fraction of sp³-hybridized carbons (Fsp3) is 0.875. The second-order valence-electron chi connectivity index (χ2n) is 6.52. The van der Waals surface area contributed by atoms with E-state index in [4.69, 9.17) is 5.11 Å². The third-order valence-electron chi connectivity index (χ3n) is 5.21. The topological polar surface area (TPSA) is 60.9 Å². The van der Waals surface area contributed by atoms with Crippen LogP contribution in [0.25, 0.3) is 0 Å². The molecule has 2 rings (SSSR count). The summed E-state index contributed by atoms with van der Waals surface area (Å²) in [7, 11) is 0. The van der Waals surface area contributed by atoms with Crippen LogP contribution in [0, 0.1) is 11.8 Å². The van der Waals surface area contributed by atoms with E-state index in [0.29, 0.717) is 12.5 Å². The molecule has 21 heavy (non-hydrogen) atoms. The van der Waals surface area contributed by atoms with Gasteiger partial charge >= 0.3 is 5.97 Å². The first-order chi connectivity index (χ1) is 10.0. The molecule has 1 amide bonds. The molecule has 1 N–H and O–H groups in total. The Labute approximate surface area is 127 Å². The molecule has 0 radical (unpaired) electrons. The van der Waals surface area contributed by atoms with E-state index < -0.39 is 5.97 Å². The molecule has 3 unspecified atom stereocenters. The Bertz CT molecular complexity index is 378. The van der Waals surface area contributed by atoms with Crippen LogP contribution in [0.2, 0.25) is 0 Å². The van der Waals surface area contributed by atoms with Crippen LogP contribution < -0.4 is 0 Å². The molecular weight excluding hydrogens is 268 g/mol. The molecule has 1 saturated heterocycles. The number of carbonyl (C=O) groups is 2. The zero-order chi connectivity index (χ0) is 15.4. The third kappa shape index (κ3) is 3.96. The highest BCUT2D eigenvalue weighted by atomic mass is 16.4. The molecule has 3 atom stereocenters. The van der Waals surface area contributed by atoms with Gasteiger partial charge in [-0.15, -0.1) is 0 Å². The molecule has 1 saturated carbocycles. The van der Waals surface area contributed by atoms with Crippen molar-refractivity contribution in [2.24, 2.45) is 11.8 Å². The standard InChI is InChI=1S/C16H28N2O3/c1-3-12(2)17-7-9-18(10-8-17)15(19)13-5-4-6-14(11-13)16(20)21/h12-14H,3-11H2,1-2H3,(H,20,21). The highest BCUT2D eigenvalue weighted by molar-refractivity contribution is 5.80. The molecule has 1 heterocycles. The monoisotopic (exact) mass is 296 g/mol. The van der Waals surface area contributed by atoms with Crippen LogP contribution in [-0.4, -0.2) is 59.0 Å². The number of hydrogen-bond donors (Lipinski definition) is 1. The number of piperazine rings is 1. The summed E-state index contributed by atoms with van der Waals surface area (Å²) in [5, 5.41) is 9.14. The molecule has 0 spiro atoms. The van der Waals surface area contributed by atoms with E-state index in [-0.39, 0.29) is 17.7 Å². The Morgan fingerprint density at radius 2 is 1.76 bits per heavy atom. The van der Waals surface area contributed by atoms with Gasteiger partial charge in [0, 0.05) is 38.1 Å². The number of carboxylic acid groups (broad SMARTS) is 1. The van der Waals surface area contributed by atoms with Crippen molar-refractivity contribution in [1.82, 2.24) is 9.80 Å². The van der Waals surface area contributed by atoms with E-state index in [1.165, 1.54) is 0 Å². The molecule has 0 aromatic carbocycles. The molecule has 1 aliphatic heterocycles. The second kappa shape index (κ2) is 7.25. The Kier molecular flexibility index (Phi) is 5.62. The molecule has 5 nitrogen and oxygen atoms in total. The number of nitrogens with zero attached hydrogens (tertiary/aromatic N) is 2. The van der Waals surface area contributed by atoms with Crippen molar-refractivity contribution in [3.8, 4) is 0 Å². The largest absolute Gasteiger partial charge is 0.481 e. The van der Waals surface area contributed by atoms with Crippen molar-refractivity contribution in [2.45, 2.75) is 52.0 Å². The van der Waals surface area contributed by atoms with Crippen LogP contribution in [0.4, 0.5) is 0 Å². The van der Waals surface area contributed by atoms with Gasteiger partial charge in [0.1, 0.15) is 0 Å². The van der Waals surface area contributed by atoms with Crippen molar-refractivity contribution < 1.29 is 14.7 Å². The summed E-state index contributed by atoms with van der Waals surface area (Å²) in [5.74, 6) is -0.956. The van der Waals surface area contributed by atoms with Gasteiger partial charge in [-0.05, 0) is 32.6 Å². The molecular formula is C16H28N2O3. The van der Waals surface area contributed by atoms with E-state index in [1.807, 2.05) is 4.90 Å². The minimum atomic E-state index is -0.742. The number of hydrogen-bond acceptors (Lipinski definition) is 3. The van der Waals surface area contributed by atoms with E-state index in [1.54, 1.807) is 0 Å². The second-order valence-corrected chi connectivity index (χ2v) is 6.52. The first-order valence-corrected chi connectivity index (χ1v) is 8.28. The lowest BCUT2D eigenvalue weighted by atomic mass is 9.80. The van der Waals surface area contributed by atoms with E-state index in [0.717, 1.165) is 51.9 Å². The first-order valence-electron chi connectivity index (χ1n) is 8.28. The Balaban J connectivity index is 1.85. The van der Waals surface area contributed by atoms with Gasteiger partial charge in [0.15, 0.2) is 0 Å². The normalized spacial score (nSPS) is 29.1. The minimum absolute atomic E-state index is 0.0741. The minimum Gasteiger partial charge on any atom is -0.481 e. The molecule has 120 valence electrons. The summed E-state index contributed by atoms with van der Waals surface area (Å²) in [6.07, 6.45) is 4.10. The van der Waals surface area contributed by atoms with Gasteiger partial charge in [0.2, 0.25) is 5.91 Å². The smallest absolute Gasteiger partial charge is 0.306 e. The maximum Gasteiger partial charge on any atom is 0.306 e. The maximum absolute atomic E-state index is 12.6. The van der Waals surface area contributed by atoms with Crippen LogP contribution in [0.15, 0.2) is 0 Å². The third-order valence-corrected chi connectivity index (χ3v) is 5.21. The van der Waals surface area contributed by atoms with E-state index in [9.17, 15) is 9.59 Å². The average molecular weight is 296 g/mol. The van der Waals surface area contributed by atoms with Crippen LogP contribution in [0.5, 0.6) is 0 Å². The maximum atomic E-state index is 12.6.